The van der Waals surface area contributed by atoms with Crippen molar-refractivity contribution >= 4 is 54.5 Å². The van der Waals surface area contributed by atoms with Crippen molar-refractivity contribution in [1.29, 1.82) is 0 Å². The van der Waals surface area contributed by atoms with Crippen LogP contribution in [0, 0.1) is 0 Å². The molecule has 0 amide bonds. The molecule has 0 atom stereocenters. The molecule has 3 aromatic heterocycles. The van der Waals surface area contributed by atoms with Gasteiger partial charge in [-0.05, 0) is 29.7 Å². The Morgan fingerprint density at radius 1 is 0.476 bits per heavy atom. The van der Waals surface area contributed by atoms with Gasteiger partial charge in [0.15, 0.2) is 11.6 Å². The molecule has 0 aliphatic carbocycles. The molecule has 0 bridgehead atoms. The van der Waals surface area contributed by atoms with Crippen LogP contribution in [0.5, 0.6) is 0 Å². The Morgan fingerprint density at radius 3 is 1.93 bits per heavy atom. The second-order valence-corrected chi connectivity index (χ2v) is 10.5. The molecule has 0 aliphatic rings. The van der Waals surface area contributed by atoms with E-state index in [-0.39, 0.29) is 0 Å². The third kappa shape index (κ3) is 3.34. The second-order valence-electron chi connectivity index (χ2n) is 10.5. The molecule has 0 aliphatic heterocycles. The maximum absolute atomic E-state index is 6.48. The minimum atomic E-state index is 0.575. The van der Waals surface area contributed by atoms with Crippen molar-refractivity contribution in [3.8, 4) is 28.7 Å². The Hall–Kier alpha value is -5.81. The first-order chi connectivity index (χ1) is 20.8. The van der Waals surface area contributed by atoms with Gasteiger partial charge in [-0.2, -0.15) is 9.97 Å². The van der Waals surface area contributed by atoms with Crippen LogP contribution >= 0.6 is 0 Å². The van der Waals surface area contributed by atoms with E-state index in [4.69, 9.17) is 19.4 Å². The number of fused-ring (bicyclic) bond motifs is 8. The Morgan fingerprint density at radius 2 is 1.14 bits per heavy atom. The predicted molar refractivity (Wildman–Crippen MR) is 170 cm³/mol. The van der Waals surface area contributed by atoms with E-state index in [0.29, 0.717) is 17.6 Å². The Labute approximate surface area is 240 Å². The van der Waals surface area contributed by atoms with E-state index in [1.165, 1.54) is 0 Å². The summed E-state index contributed by atoms with van der Waals surface area (Å²) in [5, 5.41) is 6.59. The van der Waals surface area contributed by atoms with Crippen LogP contribution in [0.4, 0.5) is 0 Å². The molecule has 0 fully saturated rings. The van der Waals surface area contributed by atoms with Gasteiger partial charge in [-0.15, -0.1) is 0 Å². The van der Waals surface area contributed by atoms with Crippen LogP contribution in [0.25, 0.3) is 83.2 Å². The molecule has 0 spiro atoms. The Balaban J connectivity index is 1.38. The molecular formula is C37H22N4O. The van der Waals surface area contributed by atoms with Gasteiger partial charge in [-0.3, -0.25) is 4.57 Å². The summed E-state index contributed by atoms with van der Waals surface area (Å²) in [4.78, 5) is 15.3. The highest BCUT2D eigenvalue weighted by molar-refractivity contribution is 6.18. The van der Waals surface area contributed by atoms with Gasteiger partial charge in [-0.25, -0.2) is 4.98 Å². The molecule has 196 valence electrons. The van der Waals surface area contributed by atoms with Crippen LogP contribution in [0.2, 0.25) is 0 Å². The summed E-state index contributed by atoms with van der Waals surface area (Å²) in [6.45, 7) is 0. The van der Waals surface area contributed by atoms with Crippen molar-refractivity contribution in [1.82, 2.24) is 19.5 Å². The van der Waals surface area contributed by atoms with E-state index >= 15 is 0 Å². The van der Waals surface area contributed by atoms with Crippen molar-refractivity contribution in [3.63, 3.8) is 0 Å². The fourth-order valence-electron chi connectivity index (χ4n) is 6.18. The number of hydrogen-bond donors (Lipinski definition) is 0. The van der Waals surface area contributed by atoms with Gasteiger partial charge < -0.3 is 4.42 Å². The summed E-state index contributed by atoms with van der Waals surface area (Å²) in [6, 6.07) is 45.6. The van der Waals surface area contributed by atoms with Gasteiger partial charge in [-0.1, -0.05) is 109 Å². The lowest BCUT2D eigenvalue weighted by Gasteiger charge is -2.11. The fourth-order valence-corrected chi connectivity index (χ4v) is 6.18. The topological polar surface area (TPSA) is 56.7 Å². The molecule has 9 rings (SSSR count). The van der Waals surface area contributed by atoms with Gasteiger partial charge in [0, 0.05) is 38.1 Å². The molecule has 0 unspecified atom stereocenters. The van der Waals surface area contributed by atoms with E-state index in [0.717, 1.165) is 65.6 Å². The molecule has 5 heteroatoms. The lowest BCUT2D eigenvalue weighted by Crippen LogP contribution is -2.06. The van der Waals surface area contributed by atoms with Crippen molar-refractivity contribution in [2.24, 2.45) is 0 Å². The molecule has 42 heavy (non-hydrogen) atoms. The monoisotopic (exact) mass is 538 g/mol. The molecule has 0 N–H and O–H groups in total. The number of hydrogen-bond acceptors (Lipinski definition) is 4. The number of nitrogens with zero attached hydrogens (tertiary/aromatic N) is 4. The zero-order valence-corrected chi connectivity index (χ0v) is 22.4. The Bertz CT molecular complexity index is 2420. The molecule has 0 radical (unpaired) electrons. The van der Waals surface area contributed by atoms with Crippen LogP contribution in [0.15, 0.2) is 138 Å². The van der Waals surface area contributed by atoms with Gasteiger partial charge in [0.05, 0.1) is 11.0 Å². The summed E-state index contributed by atoms with van der Waals surface area (Å²) in [5.74, 6) is 1.79. The molecule has 5 nitrogen and oxygen atoms in total. The van der Waals surface area contributed by atoms with Crippen molar-refractivity contribution in [2.75, 3.05) is 0 Å². The maximum Gasteiger partial charge on any atom is 0.238 e. The van der Waals surface area contributed by atoms with E-state index in [2.05, 4.69) is 83.4 Å². The highest BCUT2D eigenvalue weighted by Crippen LogP contribution is 2.39. The normalized spacial score (nSPS) is 11.8. The molecule has 3 heterocycles. The summed E-state index contributed by atoms with van der Waals surface area (Å²) >= 11 is 0. The standard InChI is InChI=1S/C37H22N4O/c1-2-12-24(13-3-1)35-38-36(40-37(39-35)41-30-18-8-6-15-26(30)27-16-7-9-19-31(27)41)29-17-10-20-32-33(29)28-22-21-23-11-4-5-14-25(23)34(28)42-32/h1-22H. The average Bonchev–Trinajstić information content (AvgIpc) is 3.61. The summed E-state index contributed by atoms with van der Waals surface area (Å²) in [6.07, 6.45) is 0. The Kier molecular flexibility index (Phi) is 4.83. The van der Waals surface area contributed by atoms with E-state index in [1.54, 1.807) is 0 Å². The third-order valence-electron chi connectivity index (χ3n) is 8.06. The van der Waals surface area contributed by atoms with Gasteiger partial charge in [0.2, 0.25) is 5.95 Å². The first-order valence-corrected chi connectivity index (χ1v) is 14.0. The zero-order chi connectivity index (χ0) is 27.6. The SMILES string of the molecule is c1ccc(-c2nc(-c3cccc4oc5c6ccccc6ccc5c34)nc(-n3c4ccccc4c4ccccc43)n2)cc1. The van der Waals surface area contributed by atoms with Gasteiger partial charge >= 0.3 is 0 Å². The first kappa shape index (κ1) is 22.9. The number of para-hydroxylation sites is 2. The smallest absolute Gasteiger partial charge is 0.238 e. The van der Waals surface area contributed by atoms with E-state index < -0.39 is 0 Å². The number of furan rings is 1. The van der Waals surface area contributed by atoms with Crippen molar-refractivity contribution in [3.05, 3.63) is 133 Å². The van der Waals surface area contributed by atoms with Crippen LogP contribution in [0.1, 0.15) is 0 Å². The predicted octanol–water partition coefficient (Wildman–Crippen LogP) is 9.36. The minimum absolute atomic E-state index is 0.575. The molecular weight excluding hydrogens is 516 g/mol. The minimum Gasteiger partial charge on any atom is -0.455 e. The van der Waals surface area contributed by atoms with Crippen LogP contribution in [0.3, 0.4) is 0 Å². The van der Waals surface area contributed by atoms with Gasteiger partial charge in [0.25, 0.3) is 0 Å². The molecule has 0 saturated heterocycles. The highest BCUT2D eigenvalue weighted by atomic mass is 16.3. The van der Waals surface area contributed by atoms with Crippen molar-refractivity contribution in [2.45, 2.75) is 0 Å². The zero-order valence-electron chi connectivity index (χ0n) is 22.4. The fraction of sp³-hybridized carbons (Fsp3) is 0. The summed E-state index contributed by atoms with van der Waals surface area (Å²) in [5.41, 5.74) is 5.61. The van der Waals surface area contributed by atoms with Crippen LogP contribution in [-0.2, 0) is 0 Å². The third-order valence-corrected chi connectivity index (χ3v) is 8.06. The lowest BCUT2D eigenvalue weighted by atomic mass is 10.0. The largest absolute Gasteiger partial charge is 0.455 e. The molecule has 6 aromatic carbocycles. The van der Waals surface area contributed by atoms with Gasteiger partial charge in [0.1, 0.15) is 11.2 Å². The summed E-state index contributed by atoms with van der Waals surface area (Å²) in [7, 11) is 0. The lowest BCUT2D eigenvalue weighted by molar-refractivity contribution is 0.672. The summed E-state index contributed by atoms with van der Waals surface area (Å²) < 4.78 is 8.63. The molecule has 9 aromatic rings. The quantitative estimate of drug-likeness (QED) is 0.225. The van der Waals surface area contributed by atoms with E-state index in [9.17, 15) is 0 Å². The van der Waals surface area contributed by atoms with Crippen LogP contribution in [-0.4, -0.2) is 19.5 Å². The number of rotatable bonds is 3. The first-order valence-electron chi connectivity index (χ1n) is 14.0. The number of benzene rings is 6. The highest BCUT2D eigenvalue weighted by Gasteiger charge is 2.20. The van der Waals surface area contributed by atoms with Crippen molar-refractivity contribution < 1.29 is 4.42 Å². The van der Waals surface area contributed by atoms with E-state index in [1.807, 2.05) is 54.6 Å². The molecule has 0 saturated carbocycles. The number of aromatic nitrogens is 4. The van der Waals surface area contributed by atoms with Crippen LogP contribution < -0.4 is 0 Å². The second kappa shape index (κ2) is 8.85. The average molecular weight is 539 g/mol. The maximum atomic E-state index is 6.48.